The van der Waals surface area contributed by atoms with Gasteiger partial charge in [-0.3, -0.25) is 9.69 Å². The van der Waals surface area contributed by atoms with Crippen molar-refractivity contribution >= 4 is 5.91 Å². The molecule has 0 aromatic heterocycles. The first-order valence-corrected chi connectivity index (χ1v) is 9.07. The largest absolute Gasteiger partial charge is 0.375 e. The van der Waals surface area contributed by atoms with Crippen molar-refractivity contribution in [3.05, 3.63) is 35.9 Å². The standard InChI is InChI=1S/C19H29N3O2/c1-14-12-17(21-19(23)18-15(2)24-11-9-20-18)8-10-22(14)13-16-6-4-3-5-7-16/h3-7,14-15,17-18,20H,8-13H2,1-2H3,(H,21,23)/t14?,15-,17?,18+/m1/s1. The number of benzene rings is 1. The van der Waals surface area contributed by atoms with E-state index in [4.69, 9.17) is 4.74 Å². The number of likely N-dealkylation sites (tertiary alicyclic amines) is 1. The van der Waals surface area contributed by atoms with Gasteiger partial charge in [0, 0.05) is 31.7 Å². The van der Waals surface area contributed by atoms with Crippen molar-refractivity contribution in [3.8, 4) is 0 Å². The van der Waals surface area contributed by atoms with Crippen molar-refractivity contribution < 1.29 is 9.53 Å². The molecule has 0 radical (unpaired) electrons. The highest BCUT2D eigenvalue weighted by Crippen LogP contribution is 2.20. The molecule has 2 aliphatic rings. The van der Waals surface area contributed by atoms with Crippen LogP contribution in [0.25, 0.3) is 0 Å². The molecule has 0 spiro atoms. The number of carbonyl (C=O) groups is 1. The third-order valence-electron chi connectivity index (χ3n) is 5.19. The molecule has 0 bridgehead atoms. The first-order valence-electron chi connectivity index (χ1n) is 9.07. The van der Waals surface area contributed by atoms with Gasteiger partial charge in [-0.05, 0) is 32.3 Å². The van der Waals surface area contributed by atoms with Gasteiger partial charge in [0.05, 0.1) is 12.7 Å². The zero-order chi connectivity index (χ0) is 16.9. The van der Waals surface area contributed by atoms with Gasteiger partial charge in [-0.25, -0.2) is 0 Å². The lowest BCUT2D eigenvalue weighted by Crippen LogP contribution is -2.58. The minimum Gasteiger partial charge on any atom is -0.375 e. The molecule has 0 saturated carbocycles. The first-order chi connectivity index (χ1) is 11.6. The molecule has 5 nitrogen and oxygen atoms in total. The second-order valence-corrected chi connectivity index (χ2v) is 7.04. The lowest BCUT2D eigenvalue weighted by Gasteiger charge is -2.39. The molecule has 24 heavy (non-hydrogen) atoms. The molecule has 4 atom stereocenters. The highest BCUT2D eigenvalue weighted by molar-refractivity contribution is 5.82. The van der Waals surface area contributed by atoms with Crippen LogP contribution in [0.3, 0.4) is 0 Å². The molecule has 1 amide bonds. The van der Waals surface area contributed by atoms with Crippen molar-refractivity contribution in [2.24, 2.45) is 0 Å². The fraction of sp³-hybridized carbons (Fsp3) is 0.632. The third kappa shape index (κ3) is 4.35. The Morgan fingerprint density at radius 1 is 1.33 bits per heavy atom. The van der Waals surface area contributed by atoms with Gasteiger partial charge in [0.2, 0.25) is 5.91 Å². The molecule has 1 aromatic carbocycles. The Morgan fingerprint density at radius 3 is 2.83 bits per heavy atom. The van der Waals surface area contributed by atoms with Crippen LogP contribution < -0.4 is 10.6 Å². The summed E-state index contributed by atoms with van der Waals surface area (Å²) in [7, 11) is 0. The predicted molar refractivity (Wildman–Crippen MR) is 94.7 cm³/mol. The molecule has 0 aliphatic carbocycles. The van der Waals surface area contributed by atoms with Gasteiger partial charge >= 0.3 is 0 Å². The number of ether oxygens (including phenoxy) is 1. The van der Waals surface area contributed by atoms with E-state index < -0.39 is 0 Å². The molecular formula is C19H29N3O2. The van der Waals surface area contributed by atoms with Crippen LogP contribution in [-0.4, -0.2) is 54.7 Å². The van der Waals surface area contributed by atoms with Gasteiger partial charge in [-0.2, -0.15) is 0 Å². The van der Waals surface area contributed by atoms with E-state index >= 15 is 0 Å². The summed E-state index contributed by atoms with van der Waals surface area (Å²) in [4.78, 5) is 15.0. The van der Waals surface area contributed by atoms with Crippen LogP contribution in [0.15, 0.2) is 30.3 Å². The van der Waals surface area contributed by atoms with E-state index in [9.17, 15) is 4.79 Å². The predicted octanol–water partition coefficient (Wildman–Crippen LogP) is 1.53. The van der Waals surface area contributed by atoms with E-state index in [1.807, 2.05) is 6.92 Å². The van der Waals surface area contributed by atoms with E-state index in [-0.39, 0.29) is 24.1 Å². The number of morpholine rings is 1. The second kappa shape index (κ2) is 8.10. The van der Waals surface area contributed by atoms with Crippen molar-refractivity contribution in [3.63, 3.8) is 0 Å². The normalized spacial score (nSPS) is 31.6. The van der Waals surface area contributed by atoms with Crippen LogP contribution in [0.5, 0.6) is 0 Å². The molecule has 2 aliphatic heterocycles. The van der Waals surface area contributed by atoms with Crippen molar-refractivity contribution in [1.29, 1.82) is 0 Å². The minimum absolute atomic E-state index is 0.0608. The molecule has 5 heteroatoms. The van der Waals surface area contributed by atoms with Gasteiger partial charge in [0.1, 0.15) is 6.04 Å². The summed E-state index contributed by atoms with van der Waals surface area (Å²) >= 11 is 0. The summed E-state index contributed by atoms with van der Waals surface area (Å²) in [5.74, 6) is 0.0795. The van der Waals surface area contributed by atoms with Crippen LogP contribution in [0.1, 0.15) is 32.3 Å². The molecule has 2 N–H and O–H groups in total. The van der Waals surface area contributed by atoms with Crippen molar-refractivity contribution in [2.75, 3.05) is 19.7 Å². The third-order valence-corrected chi connectivity index (χ3v) is 5.19. The molecule has 2 heterocycles. The number of piperidine rings is 1. The number of hydrogen-bond acceptors (Lipinski definition) is 4. The molecule has 1 aromatic rings. The maximum Gasteiger partial charge on any atom is 0.240 e. The van der Waals surface area contributed by atoms with Crippen LogP contribution >= 0.6 is 0 Å². The van der Waals surface area contributed by atoms with Gasteiger partial charge in [0.25, 0.3) is 0 Å². The number of carbonyl (C=O) groups excluding carboxylic acids is 1. The van der Waals surface area contributed by atoms with Crippen molar-refractivity contribution in [2.45, 2.75) is 57.5 Å². The average molecular weight is 331 g/mol. The maximum absolute atomic E-state index is 12.5. The van der Waals surface area contributed by atoms with Crippen LogP contribution in [0, 0.1) is 0 Å². The number of hydrogen-bond donors (Lipinski definition) is 2. The number of amides is 1. The van der Waals surface area contributed by atoms with E-state index in [2.05, 4.69) is 52.8 Å². The van der Waals surface area contributed by atoms with Crippen LogP contribution in [0.4, 0.5) is 0 Å². The number of rotatable bonds is 4. The Hall–Kier alpha value is -1.43. The van der Waals surface area contributed by atoms with E-state index in [1.54, 1.807) is 0 Å². The van der Waals surface area contributed by atoms with Crippen molar-refractivity contribution in [1.82, 2.24) is 15.5 Å². The summed E-state index contributed by atoms with van der Waals surface area (Å²) in [6.07, 6.45) is 1.94. The minimum atomic E-state index is -0.226. The Bertz CT molecular complexity index is 537. The van der Waals surface area contributed by atoms with Crippen LogP contribution in [-0.2, 0) is 16.1 Å². The summed E-state index contributed by atoms with van der Waals surface area (Å²) in [6.45, 7) is 7.64. The SMILES string of the molecule is CC1CC(NC(=O)[C@H]2NCCO[C@@H]2C)CCN1Cc1ccccc1. The first kappa shape index (κ1) is 17.4. The van der Waals surface area contributed by atoms with Gasteiger partial charge in [-0.1, -0.05) is 30.3 Å². The maximum atomic E-state index is 12.5. The van der Waals surface area contributed by atoms with Gasteiger partial charge in [0.15, 0.2) is 0 Å². The zero-order valence-corrected chi connectivity index (χ0v) is 14.7. The average Bonchev–Trinajstić information content (AvgIpc) is 2.58. The fourth-order valence-corrected chi connectivity index (χ4v) is 3.72. The van der Waals surface area contributed by atoms with E-state index in [0.717, 1.165) is 32.5 Å². The zero-order valence-electron chi connectivity index (χ0n) is 14.7. The van der Waals surface area contributed by atoms with E-state index in [0.29, 0.717) is 12.6 Å². The Morgan fingerprint density at radius 2 is 2.12 bits per heavy atom. The Labute approximate surface area is 144 Å². The van der Waals surface area contributed by atoms with Gasteiger partial charge < -0.3 is 15.4 Å². The molecule has 2 saturated heterocycles. The highest BCUT2D eigenvalue weighted by atomic mass is 16.5. The Balaban J connectivity index is 1.49. The summed E-state index contributed by atoms with van der Waals surface area (Å²) in [6, 6.07) is 11.1. The number of nitrogens with zero attached hydrogens (tertiary/aromatic N) is 1. The summed E-state index contributed by atoms with van der Waals surface area (Å²) in [5, 5.41) is 6.49. The Kier molecular flexibility index (Phi) is 5.87. The highest BCUT2D eigenvalue weighted by Gasteiger charge is 2.32. The topological polar surface area (TPSA) is 53.6 Å². The van der Waals surface area contributed by atoms with Gasteiger partial charge in [-0.15, -0.1) is 0 Å². The molecule has 2 unspecified atom stereocenters. The number of nitrogens with one attached hydrogen (secondary N) is 2. The second-order valence-electron chi connectivity index (χ2n) is 7.04. The van der Waals surface area contributed by atoms with Crippen LogP contribution in [0.2, 0.25) is 0 Å². The fourth-order valence-electron chi connectivity index (χ4n) is 3.72. The molecule has 2 fully saturated rings. The lowest BCUT2D eigenvalue weighted by atomic mass is 9.97. The molecule has 3 rings (SSSR count). The molecular weight excluding hydrogens is 302 g/mol. The summed E-state index contributed by atoms with van der Waals surface area (Å²) < 4.78 is 5.57. The summed E-state index contributed by atoms with van der Waals surface area (Å²) in [5.41, 5.74) is 1.35. The smallest absolute Gasteiger partial charge is 0.240 e. The quantitative estimate of drug-likeness (QED) is 0.879. The molecule has 132 valence electrons. The van der Waals surface area contributed by atoms with E-state index in [1.165, 1.54) is 5.56 Å². The lowest BCUT2D eigenvalue weighted by molar-refractivity contribution is -0.130. The monoisotopic (exact) mass is 331 g/mol.